The molecule has 0 radical (unpaired) electrons. The maximum Gasteiger partial charge on any atom is 0.0681 e. The summed E-state index contributed by atoms with van der Waals surface area (Å²) in [5, 5.41) is 8.92. The highest BCUT2D eigenvalue weighted by molar-refractivity contribution is 5.32. The topological polar surface area (TPSA) is 20.2 Å². The molecule has 97 heavy (non-hydrogen) atoms. The number of hydrogen-bond donors (Lipinski definition) is 1. The van der Waals surface area contributed by atoms with Crippen molar-refractivity contribution in [2.75, 3.05) is 0 Å². The van der Waals surface area contributed by atoms with Crippen LogP contribution >= 0.6 is 0 Å². The number of allylic oxidation sites excluding steroid dienone is 4. The molecule has 1 N–H and O–H groups in total. The molecule has 0 heterocycles. The van der Waals surface area contributed by atoms with E-state index >= 15 is 0 Å². The summed E-state index contributed by atoms with van der Waals surface area (Å²) in [7, 11) is 0. The zero-order chi connectivity index (χ0) is 75.6. The Morgan fingerprint density at radius 1 is 0.381 bits per heavy atom. The zero-order valence-corrected chi connectivity index (χ0v) is 70.5. The van der Waals surface area contributed by atoms with Crippen LogP contribution in [0.25, 0.3) is 0 Å². The van der Waals surface area contributed by atoms with Gasteiger partial charge >= 0.3 is 0 Å². The average molecular weight is 1330 g/mol. The molecule has 1 saturated carbocycles. The van der Waals surface area contributed by atoms with Crippen LogP contribution < -0.4 is 0 Å². The van der Waals surface area contributed by atoms with Crippen molar-refractivity contribution in [2.45, 2.75) is 335 Å². The second-order valence-corrected chi connectivity index (χ2v) is 26.5. The molecule has 0 saturated heterocycles. The number of benzene rings is 6. The third-order valence-electron chi connectivity index (χ3n) is 18.9. The first kappa shape index (κ1) is 100. The van der Waals surface area contributed by atoms with Gasteiger partial charge in [-0.25, -0.2) is 0 Å². The molecule has 1 heteroatoms. The quantitative estimate of drug-likeness (QED) is 0.129. The van der Waals surface area contributed by atoms with E-state index < -0.39 is 0 Å². The number of aliphatic hydroxyl groups excluding tert-OH is 1. The Bertz CT molecular complexity index is 2590. The molecular formula is C96H162O. The zero-order valence-electron chi connectivity index (χ0n) is 70.5. The smallest absolute Gasteiger partial charge is 0.0681 e. The number of aryl methyl sites for hydroxylation is 3. The monoisotopic (exact) mass is 1330 g/mol. The largest absolute Gasteiger partial charge is 0.392 e. The van der Waals surface area contributed by atoms with Gasteiger partial charge < -0.3 is 5.11 Å². The highest BCUT2D eigenvalue weighted by Gasteiger charge is 2.35. The van der Waals surface area contributed by atoms with Gasteiger partial charge in [-0.15, -0.1) is 0 Å². The lowest BCUT2D eigenvalue weighted by Crippen LogP contribution is -2.20. The van der Waals surface area contributed by atoms with E-state index in [-0.39, 0.29) is 12.0 Å². The maximum absolute atomic E-state index is 8.92. The Labute approximate surface area is 608 Å². The van der Waals surface area contributed by atoms with Gasteiger partial charge in [-0.1, -0.05) is 403 Å². The van der Waals surface area contributed by atoms with E-state index in [1.54, 1.807) is 11.1 Å². The third kappa shape index (κ3) is 41.8. The molecule has 552 valence electrons. The fourth-order valence-corrected chi connectivity index (χ4v) is 10.9. The summed E-state index contributed by atoms with van der Waals surface area (Å²) in [6.07, 6.45) is 20.3. The van der Waals surface area contributed by atoms with Gasteiger partial charge in [-0.2, -0.15) is 0 Å². The molecule has 1 nitrogen and oxygen atoms in total. The van der Waals surface area contributed by atoms with Crippen LogP contribution in [0, 0.1) is 49.4 Å². The molecule has 6 aromatic rings. The standard InChI is InChI=1S/C14H22.C12H16.C12H18.C11H16O.3C11H16.7C2H6/c1-6-11(2)12-8-7-9-13(10-12)14(3,4)5;1-9-7-11-5-3-4-6-12(11)8-10(9)2;1-4-10(3)12-8-6-7-11(5-2)9-12;1-3-9(2)11-6-4-5-10(7-11)8-12;1-8-7-10-5-3-4-6-11(10)9(8)2;2*1-4-10(3)11-7-5-9(2)6-8-11;7*1-2/h7-11H,6H2,1-5H3;3-6,9-10H,7-8H2,1-2H3;6-10H,4-5H2,1-3H3;4-7,9,12H,3,8H2,1-2H3;3-6,8-11H,7H2,1-2H3;2*5-8,10H,4H2,1-3H3;7*1-2H3. The lowest BCUT2D eigenvalue weighted by Gasteiger charge is -2.27. The lowest BCUT2D eigenvalue weighted by molar-refractivity contribution is 0.281. The molecule has 0 aliphatic heterocycles. The minimum atomic E-state index is 0.143. The van der Waals surface area contributed by atoms with E-state index in [0.29, 0.717) is 29.6 Å². The molecule has 0 spiro atoms. The van der Waals surface area contributed by atoms with Crippen molar-refractivity contribution < 1.29 is 5.11 Å². The number of aliphatic hydroxyl groups is 1. The molecule has 9 rings (SSSR count). The average Bonchev–Trinajstić information content (AvgIpc) is 1.79. The van der Waals surface area contributed by atoms with Crippen LogP contribution in [-0.4, -0.2) is 5.11 Å². The first-order valence-corrected chi connectivity index (χ1v) is 40.0. The summed E-state index contributed by atoms with van der Waals surface area (Å²) >= 11 is 0. The lowest BCUT2D eigenvalue weighted by atomic mass is 9.78. The Balaban J connectivity index is -0.000000329. The summed E-state index contributed by atoms with van der Waals surface area (Å²) in [4.78, 5) is 0. The Morgan fingerprint density at radius 3 is 1.05 bits per heavy atom. The maximum atomic E-state index is 8.92. The molecular weight excluding hydrogens is 1170 g/mol. The SMILES string of the molecule is CC.CC.CC.CC.CC.CC.CC.CC1CC2C=CC=CC2C1C.CC1Cc2ccccc2CC1C.CCC(C)c1ccc(C)cc1.CCC(C)c1ccc(C)cc1.CCC(C)c1cccc(C(C)(C)C)c1.CCC(C)c1cccc(CO)c1.CCc1cccc(C(C)CC)c1. The van der Waals surface area contributed by atoms with Crippen molar-refractivity contribution in [2.24, 2.45) is 35.5 Å². The number of hydrogen-bond acceptors (Lipinski definition) is 1. The van der Waals surface area contributed by atoms with Gasteiger partial charge in [-0.3, -0.25) is 0 Å². The molecule has 11 unspecified atom stereocenters. The van der Waals surface area contributed by atoms with Gasteiger partial charge in [-0.05, 0) is 198 Å². The van der Waals surface area contributed by atoms with Crippen molar-refractivity contribution >= 4 is 0 Å². The molecule has 1 fully saturated rings. The minimum Gasteiger partial charge on any atom is -0.392 e. The van der Waals surface area contributed by atoms with Gasteiger partial charge in [0.2, 0.25) is 0 Å². The second-order valence-electron chi connectivity index (χ2n) is 26.5. The fourth-order valence-electron chi connectivity index (χ4n) is 10.9. The first-order chi connectivity index (χ1) is 46.5. The van der Waals surface area contributed by atoms with E-state index in [9.17, 15) is 0 Å². The predicted molar refractivity (Wildman–Crippen MR) is 449 cm³/mol. The first-order valence-electron chi connectivity index (χ1n) is 40.0. The summed E-state index contributed by atoms with van der Waals surface area (Å²) in [5.74, 6) is 8.61. The van der Waals surface area contributed by atoms with E-state index in [2.05, 4.69) is 296 Å². The molecule has 11 atom stereocenters. The molecule has 0 bridgehead atoms. The van der Waals surface area contributed by atoms with Crippen LogP contribution in [0.1, 0.15) is 356 Å². The van der Waals surface area contributed by atoms with Gasteiger partial charge in [0.05, 0.1) is 6.61 Å². The van der Waals surface area contributed by atoms with Crippen molar-refractivity contribution in [1.82, 2.24) is 0 Å². The van der Waals surface area contributed by atoms with Crippen LogP contribution in [0.3, 0.4) is 0 Å². The Morgan fingerprint density at radius 2 is 0.711 bits per heavy atom. The van der Waals surface area contributed by atoms with E-state index in [4.69, 9.17) is 5.11 Å². The molecule has 0 amide bonds. The van der Waals surface area contributed by atoms with Gasteiger partial charge in [0, 0.05) is 0 Å². The van der Waals surface area contributed by atoms with Gasteiger partial charge in [0.25, 0.3) is 0 Å². The van der Waals surface area contributed by atoms with Gasteiger partial charge in [0.1, 0.15) is 0 Å². The van der Waals surface area contributed by atoms with Crippen molar-refractivity contribution in [3.63, 3.8) is 0 Å². The molecule has 6 aromatic carbocycles. The number of fused-ring (bicyclic) bond motifs is 2. The van der Waals surface area contributed by atoms with Crippen LogP contribution in [0.15, 0.2) is 170 Å². The van der Waals surface area contributed by atoms with Crippen LogP contribution in [0.2, 0.25) is 0 Å². The van der Waals surface area contributed by atoms with Crippen LogP contribution in [-0.2, 0) is 31.3 Å². The fraction of sp³-hybridized carbons (Fsp3) is 0.583. The highest BCUT2D eigenvalue weighted by Crippen LogP contribution is 2.44. The Kier molecular flexibility index (Phi) is 65.2. The molecule has 3 aliphatic carbocycles. The Hall–Kier alpha value is -5.24. The van der Waals surface area contributed by atoms with E-state index in [1.807, 2.05) is 109 Å². The summed E-state index contributed by atoms with van der Waals surface area (Å²) in [6, 6.07) is 52.6. The van der Waals surface area contributed by atoms with Crippen LogP contribution in [0.4, 0.5) is 0 Å². The van der Waals surface area contributed by atoms with Crippen molar-refractivity contribution in [1.29, 1.82) is 0 Å². The van der Waals surface area contributed by atoms with E-state index in [1.165, 1.54) is 95.0 Å². The third-order valence-corrected chi connectivity index (χ3v) is 18.9. The van der Waals surface area contributed by atoms with Crippen LogP contribution in [0.5, 0.6) is 0 Å². The highest BCUT2D eigenvalue weighted by atomic mass is 16.3. The molecule has 3 aliphatic rings. The summed E-state index contributed by atoms with van der Waals surface area (Å²) < 4.78 is 0. The second kappa shape index (κ2) is 63.0. The normalized spacial score (nSPS) is 17.5. The number of rotatable bonds is 12. The van der Waals surface area contributed by atoms with Crippen molar-refractivity contribution in [3.05, 3.63) is 237 Å². The minimum absolute atomic E-state index is 0.143. The van der Waals surface area contributed by atoms with Gasteiger partial charge in [0.15, 0.2) is 0 Å². The molecule has 0 aromatic heterocycles. The van der Waals surface area contributed by atoms with Crippen molar-refractivity contribution in [3.8, 4) is 0 Å². The summed E-state index contributed by atoms with van der Waals surface area (Å²) in [6.45, 7) is 73.3. The van der Waals surface area contributed by atoms with E-state index in [0.717, 1.165) is 53.9 Å². The summed E-state index contributed by atoms with van der Waals surface area (Å²) in [5.41, 5.74) is 17.2. The predicted octanol–water partition coefficient (Wildman–Crippen LogP) is 31.2.